The second-order valence-corrected chi connectivity index (χ2v) is 8.05. The first-order valence-electron chi connectivity index (χ1n) is 5.85. The molecule has 8 heteroatoms. The zero-order chi connectivity index (χ0) is 15.3. The molecule has 0 saturated carbocycles. The Labute approximate surface area is 131 Å². The minimum absolute atomic E-state index is 0.150. The van der Waals surface area contributed by atoms with Crippen LogP contribution in [0.25, 0.3) is 0 Å². The van der Waals surface area contributed by atoms with Crippen LogP contribution in [-0.2, 0) is 14.1 Å². The van der Waals surface area contributed by atoms with Crippen molar-refractivity contribution in [2.75, 3.05) is 7.11 Å². The number of benzene rings is 1. The van der Waals surface area contributed by atoms with E-state index in [1.54, 1.807) is 38.1 Å². The molecule has 0 radical (unpaired) electrons. The van der Waals surface area contributed by atoms with E-state index >= 15 is 0 Å². The van der Waals surface area contributed by atoms with Crippen LogP contribution in [0.3, 0.4) is 0 Å². The number of rotatable bonds is 6. The average Bonchev–Trinajstić information content (AvgIpc) is 2.37. The maximum absolute atomic E-state index is 12.2. The molecule has 0 spiro atoms. The van der Waals surface area contributed by atoms with Crippen LogP contribution < -0.4 is 9.61 Å². The average molecular weight is 385 g/mol. The third-order valence-electron chi connectivity index (χ3n) is 2.45. The number of esters is 1. The molecule has 1 aromatic rings. The maximum Gasteiger partial charge on any atom is 0.409 e. The summed E-state index contributed by atoms with van der Waals surface area (Å²) in [6, 6.07) is 5.88. The molecule has 0 aliphatic heterocycles. The quantitative estimate of drug-likeness (QED) is 0.594. The van der Waals surface area contributed by atoms with E-state index in [1.165, 1.54) is 7.11 Å². The summed E-state index contributed by atoms with van der Waals surface area (Å²) in [6.07, 6.45) is 0. The molecule has 0 bridgehead atoms. The molecule has 1 aromatic carbocycles. The van der Waals surface area contributed by atoms with E-state index in [4.69, 9.17) is 15.8 Å². The molecule has 1 N–H and O–H groups in total. The number of nitrogens with one attached hydrogen (secondary N) is 1. The lowest BCUT2D eigenvalue weighted by Crippen LogP contribution is -2.39. The molecule has 1 unspecified atom stereocenters. The number of ether oxygens (including phenoxy) is 1. The smallest absolute Gasteiger partial charge is 0.409 e. The lowest BCUT2D eigenvalue weighted by Gasteiger charge is -2.22. The Bertz CT molecular complexity index is 509. The minimum Gasteiger partial charge on any atom is -0.468 e. The largest absolute Gasteiger partial charge is 0.468 e. The maximum atomic E-state index is 12.2. The molecular formula is C12H16BrClNO4P. The van der Waals surface area contributed by atoms with Gasteiger partial charge >= 0.3 is 12.8 Å². The Kier molecular flexibility index (Phi) is 6.52. The summed E-state index contributed by atoms with van der Waals surface area (Å²) in [5, 5.41) is 2.52. The van der Waals surface area contributed by atoms with E-state index in [-0.39, 0.29) is 5.92 Å². The zero-order valence-corrected chi connectivity index (χ0v) is 14.5. The van der Waals surface area contributed by atoms with Gasteiger partial charge in [0.15, 0.2) is 0 Å². The first-order chi connectivity index (χ1) is 9.25. The first kappa shape index (κ1) is 17.5. The molecule has 0 heterocycles. The molecule has 0 fully saturated rings. The molecule has 1 rings (SSSR count). The minimum atomic E-state index is -3.70. The molecule has 2 atom stereocenters. The lowest BCUT2D eigenvalue weighted by molar-refractivity contribution is -0.143. The van der Waals surface area contributed by atoms with Crippen LogP contribution >= 0.6 is 34.0 Å². The molecule has 20 heavy (non-hydrogen) atoms. The van der Waals surface area contributed by atoms with Crippen molar-refractivity contribution >= 4 is 40.0 Å². The Morgan fingerprint density at radius 1 is 1.35 bits per heavy atom. The Morgan fingerprint density at radius 2 is 1.90 bits per heavy atom. The van der Waals surface area contributed by atoms with Crippen LogP contribution in [0.15, 0.2) is 28.7 Å². The van der Waals surface area contributed by atoms with E-state index in [0.29, 0.717) is 5.75 Å². The summed E-state index contributed by atoms with van der Waals surface area (Å²) in [7, 11) is 1.26. The van der Waals surface area contributed by atoms with Gasteiger partial charge in [0, 0.05) is 15.7 Å². The zero-order valence-electron chi connectivity index (χ0n) is 11.3. The number of halogens is 2. The van der Waals surface area contributed by atoms with Crippen LogP contribution in [0.1, 0.15) is 13.8 Å². The van der Waals surface area contributed by atoms with Crippen LogP contribution in [0.2, 0.25) is 0 Å². The van der Waals surface area contributed by atoms with Crippen molar-refractivity contribution in [3.05, 3.63) is 28.7 Å². The van der Waals surface area contributed by atoms with Gasteiger partial charge in [0.25, 0.3) is 0 Å². The second kappa shape index (κ2) is 7.46. The van der Waals surface area contributed by atoms with Crippen molar-refractivity contribution in [3.8, 4) is 5.75 Å². The third kappa shape index (κ3) is 5.44. The Balaban J connectivity index is 2.79. The van der Waals surface area contributed by atoms with Gasteiger partial charge in [-0.1, -0.05) is 29.8 Å². The standard InChI is InChI=1S/C12H16BrClNO4P/c1-8(2)11(12(16)18-3)15-20(14,17)19-10-6-4-9(13)5-7-10/h4-8,11H,1-3H3,(H,15,17)/t11-,20?/m0/s1. The van der Waals surface area contributed by atoms with Crippen molar-refractivity contribution in [1.82, 2.24) is 5.09 Å². The summed E-state index contributed by atoms with van der Waals surface area (Å²) in [5.41, 5.74) is 0. The lowest BCUT2D eigenvalue weighted by atomic mass is 10.1. The van der Waals surface area contributed by atoms with Gasteiger partial charge in [0.2, 0.25) is 0 Å². The van der Waals surface area contributed by atoms with Gasteiger partial charge < -0.3 is 9.26 Å². The number of hydrogen-bond donors (Lipinski definition) is 1. The predicted octanol–water partition coefficient (Wildman–Crippen LogP) is 3.96. The van der Waals surface area contributed by atoms with Gasteiger partial charge in [-0.05, 0) is 30.2 Å². The fourth-order valence-corrected chi connectivity index (χ4v) is 3.42. The molecule has 112 valence electrons. The van der Waals surface area contributed by atoms with Crippen LogP contribution in [0.5, 0.6) is 5.75 Å². The highest BCUT2D eigenvalue weighted by Gasteiger charge is 2.32. The monoisotopic (exact) mass is 383 g/mol. The number of hydrogen-bond acceptors (Lipinski definition) is 4. The van der Waals surface area contributed by atoms with Crippen LogP contribution in [0, 0.1) is 5.92 Å². The normalized spacial score (nSPS) is 15.5. The van der Waals surface area contributed by atoms with E-state index < -0.39 is 18.9 Å². The molecule has 5 nitrogen and oxygen atoms in total. The van der Waals surface area contributed by atoms with Gasteiger partial charge in [-0.25, -0.2) is 9.65 Å². The predicted molar refractivity (Wildman–Crippen MR) is 82.0 cm³/mol. The van der Waals surface area contributed by atoms with E-state index in [9.17, 15) is 9.36 Å². The highest BCUT2D eigenvalue weighted by molar-refractivity contribution is 9.10. The molecule has 0 saturated heterocycles. The molecule has 0 aliphatic carbocycles. The van der Waals surface area contributed by atoms with Crippen molar-refractivity contribution < 1.29 is 18.6 Å². The summed E-state index contributed by atoms with van der Waals surface area (Å²) in [6.45, 7) is -0.135. The second-order valence-electron chi connectivity index (χ2n) is 4.40. The summed E-state index contributed by atoms with van der Waals surface area (Å²) in [4.78, 5) is 11.6. The highest BCUT2D eigenvalue weighted by atomic mass is 79.9. The molecule has 0 aliphatic rings. The van der Waals surface area contributed by atoms with Gasteiger partial charge in [0.1, 0.15) is 11.8 Å². The number of methoxy groups -OCH3 is 1. The van der Waals surface area contributed by atoms with E-state index in [0.717, 1.165) is 4.47 Å². The van der Waals surface area contributed by atoms with Crippen molar-refractivity contribution in [1.29, 1.82) is 0 Å². The van der Waals surface area contributed by atoms with Crippen LogP contribution in [-0.4, -0.2) is 19.1 Å². The Morgan fingerprint density at radius 3 is 2.35 bits per heavy atom. The van der Waals surface area contributed by atoms with Gasteiger partial charge in [-0.2, -0.15) is 0 Å². The topological polar surface area (TPSA) is 64.6 Å². The molecule has 0 aromatic heterocycles. The van der Waals surface area contributed by atoms with Crippen molar-refractivity contribution in [2.24, 2.45) is 5.92 Å². The van der Waals surface area contributed by atoms with Crippen molar-refractivity contribution in [2.45, 2.75) is 19.9 Å². The number of carbonyl (C=O) groups is 1. The fourth-order valence-electron chi connectivity index (χ4n) is 1.42. The SMILES string of the molecule is COC(=O)[C@@H](NP(=O)(Cl)Oc1ccc(Br)cc1)C(C)C. The molecular weight excluding hydrogens is 368 g/mol. The Hall–Kier alpha value is -0.550. The van der Waals surface area contributed by atoms with E-state index in [1.807, 2.05) is 0 Å². The molecule has 0 amide bonds. The summed E-state index contributed by atoms with van der Waals surface area (Å²) in [5.74, 6) is -0.352. The summed E-state index contributed by atoms with van der Waals surface area (Å²) < 4.78 is 22.9. The van der Waals surface area contributed by atoms with Crippen LogP contribution in [0.4, 0.5) is 0 Å². The summed E-state index contributed by atoms with van der Waals surface area (Å²) >= 11 is 9.13. The fraction of sp³-hybridized carbons (Fsp3) is 0.417. The van der Waals surface area contributed by atoms with Gasteiger partial charge in [-0.15, -0.1) is 0 Å². The van der Waals surface area contributed by atoms with Gasteiger partial charge in [0.05, 0.1) is 7.11 Å². The first-order valence-corrected chi connectivity index (χ1v) is 9.18. The van der Waals surface area contributed by atoms with Crippen molar-refractivity contribution in [3.63, 3.8) is 0 Å². The number of carbonyl (C=O) groups excluding carboxylic acids is 1. The van der Waals surface area contributed by atoms with Gasteiger partial charge in [-0.3, -0.25) is 4.79 Å². The van der Waals surface area contributed by atoms with E-state index in [2.05, 4.69) is 25.8 Å². The third-order valence-corrected chi connectivity index (χ3v) is 4.51. The highest BCUT2D eigenvalue weighted by Crippen LogP contribution is 2.49.